The van der Waals surface area contributed by atoms with Gasteiger partial charge in [0.2, 0.25) is 5.91 Å². The van der Waals surface area contributed by atoms with Gasteiger partial charge >= 0.3 is 0 Å². The predicted molar refractivity (Wildman–Crippen MR) is 106 cm³/mol. The van der Waals surface area contributed by atoms with Gasteiger partial charge < -0.3 is 9.32 Å². The molecule has 142 valence electrons. The van der Waals surface area contributed by atoms with Crippen LogP contribution in [0.1, 0.15) is 36.8 Å². The van der Waals surface area contributed by atoms with Gasteiger partial charge in [-0.1, -0.05) is 37.7 Å². The highest BCUT2D eigenvalue weighted by Gasteiger charge is 2.15. The maximum atomic E-state index is 12.4. The van der Waals surface area contributed by atoms with Crippen LogP contribution in [-0.2, 0) is 11.3 Å². The molecule has 0 saturated carbocycles. The number of hydrogen-bond acceptors (Lipinski definition) is 5. The topological polar surface area (TPSA) is 64.2 Å². The van der Waals surface area contributed by atoms with Gasteiger partial charge in [0.25, 0.3) is 0 Å². The van der Waals surface area contributed by atoms with Crippen LogP contribution in [0, 0.1) is 6.92 Å². The van der Waals surface area contributed by atoms with E-state index in [1.54, 1.807) is 18.3 Å². The van der Waals surface area contributed by atoms with Crippen LogP contribution < -0.4 is 0 Å². The summed E-state index contributed by atoms with van der Waals surface area (Å²) >= 11 is 1.38. The largest absolute Gasteiger partial charge is 0.464 e. The normalized spacial score (nSPS) is 11.1. The highest BCUT2D eigenvalue weighted by molar-refractivity contribution is 7.99. The van der Waals surface area contributed by atoms with Gasteiger partial charge in [-0.3, -0.25) is 9.36 Å². The van der Waals surface area contributed by atoms with E-state index in [4.69, 9.17) is 4.42 Å². The summed E-state index contributed by atoms with van der Waals surface area (Å²) in [5, 5.41) is 8.85. The highest BCUT2D eigenvalue weighted by Crippen LogP contribution is 2.22. The Hall–Kier alpha value is -2.54. The molecule has 0 aliphatic rings. The molecule has 3 aromatic rings. The molecule has 7 heteroatoms. The number of aromatic nitrogens is 3. The number of benzene rings is 1. The SMILES string of the molecule is Cc1ccc(CN(C)C(=O)CSc2nncn2-c2ccc(C(C)C)cc2)o1. The smallest absolute Gasteiger partial charge is 0.233 e. The van der Waals surface area contributed by atoms with E-state index < -0.39 is 0 Å². The number of furan rings is 1. The fourth-order valence-electron chi connectivity index (χ4n) is 2.65. The fraction of sp³-hybridized carbons (Fsp3) is 0.350. The van der Waals surface area contributed by atoms with Crippen LogP contribution in [0.25, 0.3) is 5.69 Å². The first-order valence-electron chi connectivity index (χ1n) is 8.86. The van der Waals surface area contributed by atoms with Crippen LogP contribution in [0.3, 0.4) is 0 Å². The minimum Gasteiger partial charge on any atom is -0.464 e. The summed E-state index contributed by atoms with van der Waals surface area (Å²) in [4.78, 5) is 14.1. The standard InChI is InChI=1S/C20H24N4O2S/c1-14(2)16-6-8-17(9-7-16)24-13-21-22-20(24)27-12-19(25)23(4)11-18-10-5-15(3)26-18/h5-10,13-14H,11-12H2,1-4H3. The second-order valence-electron chi connectivity index (χ2n) is 6.78. The summed E-state index contributed by atoms with van der Waals surface area (Å²) in [6.45, 7) is 6.68. The molecule has 0 fully saturated rings. The van der Waals surface area contributed by atoms with Crippen LogP contribution >= 0.6 is 11.8 Å². The second kappa shape index (κ2) is 8.43. The van der Waals surface area contributed by atoms with E-state index in [1.165, 1.54) is 17.3 Å². The van der Waals surface area contributed by atoms with E-state index >= 15 is 0 Å². The highest BCUT2D eigenvalue weighted by atomic mass is 32.2. The third-order valence-corrected chi connectivity index (χ3v) is 5.22. The van der Waals surface area contributed by atoms with Crippen LogP contribution in [0.5, 0.6) is 0 Å². The molecule has 2 heterocycles. The molecule has 0 aliphatic carbocycles. The van der Waals surface area contributed by atoms with Crippen molar-refractivity contribution in [1.29, 1.82) is 0 Å². The summed E-state index contributed by atoms with van der Waals surface area (Å²) in [7, 11) is 1.77. The van der Waals surface area contributed by atoms with Crippen molar-refractivity contribution in [3.63, 3.8) is 0 Å². The third kappa shape index (κ3) is 4.80. The van der Waals surface area contributed by atoms with Crippen LogP contribution in [-0.4, -0.2) is 38.4 Å². The average Bonchev–Trinajstić information content (AvgIpc) is 3.28. The van der Waals surface area contributed by atoms with Crippen molar-refractivity contribution in [2.24, 2.45) is 0 Å². The van der Waals surface area contributed by atoms with Gasteiger partial charge in [-0.15, -0.1) is 10.2 Å². The Morgan fingerprint density at radius 2 is 1.96 bits per heavy atom. The lowest BCUT2D eigenvalue weighted by Gasteiger charge is -2.15. The number of nitrogens with zero attached hydrogens (tertiary/aromatic N) is 4. The van der Waals surface area contributed by atoms with Crippen molar-refractivity contribution in [2.75, 3.05) is 12.8 Å². The average molecular weight is 385 g/mol. The summed E-state index contributed by atoms with van der Waals surface area (Å²) in [6, 6.07) is 12.1. The number of rotatable bonds is 7. The van der Waals surface area contributed by atoms with Crippen LogP contribution in [0.4, 0.5) is 0 Å². The Balaban J connectivity index is 1.61. The summed E-state index contributed by atoms with van der Waals surface area (Å²) in [6.07, 6.45) is 1.67. The lowest BCUT2D eigenvalue weighted by Crippen LogP contribution is -2.27. The number of hydrogen-bond donors (Lipinski definition) is 0. The minimum atomic E-state index is 0.0127. The molecule has 27 heavy (non-hydrogen) atoms. The number of carbonyl (C=O) groups is 1. The molecule has 0 unspecified atom stereocenters. The molecule has 0 N–H and O–H groups in total. The van der Waals surface area contributed by atoms with E-state index in [-0.39, 0.29) is 5.91 Å². The molecule has 1 aromatic carbocycles. The maximum absolute atomic E-state index is 12.4. The summed E-state index contributed by atoms with van der Waals surface area (Å²) < 4.78 is 7.43. The Labute approximate surface area is 163 Å². The van der Waals surface area contributed by atoms with E-state index in [0.29, 0.717) is 23.4 Å². The van der Waals surface area contributed by atoms with Gasteiger partial charge in [0.1, 0.15) is 17.8 Å². The second-order valence-corrected chi connectivity index (χ2v) is 7.72. The van der Waals surface area contributed by atoms with E-state index in [2.05, 4.69) is 48.3 Å². The number of amides is 1. The number of carbonyl (C=O) groups excluding carboxylic acids is 1. The first-order chi connectivity index (χ1) is 12.9. The molecular formula is C20H24N4O2S. The van der Waals surface area contributed by atoms with E-state index in [0.717, 1.165) is 17.2 Å². The molecular weight excluding hydrogens is 360 g/mol. The van der Waals surface area contributed by atoms with Crippen molar-refractivity contribution in [2.45, 2.75) is 38.4 Å². The van der Waals surface area contributed by atoms with Crippen molar-refractivity contribution < 1.29 is 9.21 Å². The molecule has 2 aromatic heterocycles. The Morgan fingerprint density at radius 1 is 1.22 bits per heavy atom. The Morgan fingerprint density at radius 3 is 2.59 bits per heavy atom. The number of thioether (sulfide) groups is 1. The summed E-state index contributed by atoms with van der Waals surface area (Å²) in [5.41, 5.74) is 2.27. The van der Waals surface area contributed by atoms with E-state index in [1.807, 2.05) is 23.6 Å². The molecule has 0 spiro atoms. The van der Waals surface area contributed by atoms with Gasteiger partial charge in [0.05, 0.1) is 12.3 Å². The van der Waals surface area contributed by atoms with Gasteiger partial charge in [0.15, 0.2) is 5.16 Å². The molecule has 1 amide bonds. The molecule has 0 atom stereocenters. The molecule has 6 nitrogen and oxygen atoms in total. The van der Waals surface area contributed by atoms with Crippen molar-refractivity contribution in [3.05, 3.63) is 59.8 Å². The lowest BCUT2D eigenvalue weighted by atomic mass is 10.0. The first-order valence-corrected chi connectivity index (χ1v) is 9.85. The lowest BCUT2D eigenvalue weighted by molar-refractivity contribution is -0.127. The quantitative estimate of drug-likeness (QED) is 0.575. The molecule has 0 bridgehead atoms. The van der Waals surface area contributed by atoms with Crippen LogP contribution in [0.2, 0.25) is 0 Å². The predicted octanol–water partition coefficient (Wildman–Crippen LogP) is 4.04. The van der Waals surface area contributed by atoms with Crippen molar-refractivity contribution in [1.82, 2.24) is 19.7 Å². The van der Waals surface area contributed by atoms with Gasteiger partial charge in [-0.05, 0) is 42.7 Å². The molecule has 0 radical (unpaired) electrons. The molecule has 0 aliphatic heterocycles. The molecule has 0 saturated heterocycles. The zero-order valence-electron chi connectivity index (χ0n) is 16.0. The van der Waals surface area contributed by atoms with E-state index in [9.17, 15) is 4.79 Å². The van der Waals surface area contributed by atoms with Crippen molar-refractivity contribution in [3.8, 4) is 5.69 Å². The Bertz CT molecular complexity index is 899. The summed E-state index contributed by atoms with van der Waals surface area (Å²) in [5.74, 6) is 2.41. The van der Waals surface area contributed by atoms with Crippen molar-refractivity contribution >= 4 is 17.7 Å². The number of aryl methyl sites for hydroxylation is 1. The zero-order valence-corrected chi connectivity index (χ0v) is 16.9. The first kappa shape index (κ1) is 19.2. The van der Waals surface area contributed by atoms with Gasteiger partial charge in [-0.2, -0.15) is 0 Å². The van der Waals surface area contributed by atoms with Gasteiger partial charge in [0, 0.05) is 12.7 Å². The maximum Gasteiger partial charge on any atom is 0.233 e. The van der Waals surface area contributed by atoms with Gasteiger partial charge in [-0.25, -0.2) is 0 Å². The monoisotopic (exact) mass is 384 g/mol. The Kier molecular flexibility index (Phi) is 6.01. The third-order valence-electron chi connectivity index (χ3n) is 4.29. The minimum absolute atomic E-state index is 0.0127. The zero-order chi connectivity index (χ0) is 19.4. The molecule has 3 rings (SSSR count). The van der Waals surface area contributed by atoms with Crippen LogP contribution in [0.15, 0.2) is 52.3 Å². The fourth-order valence-corrected chi connectivity index (χ4v) is 3.52.